The molecule has 1 heteroatoms. The Kier molecular flexibility index (Phi) is 7.70. The molecule has 0 atom stereocenters. The highest BCUT2D eigenvalue weighted by Gasteiger charge is 2.09. The molecular weight excluding hydrogens is 400 g/mol. The van der Waals surface area contributed by atoms with E-state index >= 15 is 0 Å². The number of rotatable bonds is 8. The highest BCUT2D eigenvalue weighted by Crippen LogP contribution is 2.31. The molecule has 0 spiro atoms. The zero-order chi connectivity index (χ0) is 22.7. The normalized spacial score (nSPS) is 11.5. The fourth-order valence-corrected chi connectivity index (χ4v) is 3.66. The van der Waals surface area contributed by atoms with E-state index < -0.39 is 0 Å². The van der Waals surface area contributed by atoms with Crippen LogP contribution in [0.3, 0.4) is 0 Å². The second-order valence-corrected chi connectivity index (χ2v) is 7.65. The van der Waals surface area contributed by atoms with Gasteiger partial charge in [0.2, 0.25) is 0 Å². The molecule has 0 saturated carbocycles. The van der Waals surface area contributed by atoms with Gasteiger partial charge in [0.15, 0.2) is 0 Å². The lowest BCUT2D eigenvalue weighted by Gasteiger charge is -2.13. The van der Waals surface area contributed by atoms with Gasteiger partial charge in [-0.3, -0.25) is 0 Å². The summed E-state index contributed by atoms with van der Waals surface area (Å²) in [6, 6.07) is 35.3. The third kappa shape index (κ3) is 6.21. The minimum Gasteiger partial charge on any atom is -0.493 e. The molecule has 0 N–H and O–H groups in total. The van der Waals surface area contributed by atoms with E-state index in [-0.39, 0.29) is 0 Å². The summed E-state index contributed by atoms with van der Waals surface area (Å²) >= 11 is 0. The van der Waals surface area contributed by atoms with Crippen LogP contribution in [-0.2, 0) is 0 Å². The van der Waals surface area contributed by atoms with Gasteiger partial charge in [-0.15, -0.1) is 0 Å². The number of ether oxygens (including phenoxy) is 1. The Bertz CT molecular complexity index is 1230. The molecule has 33 heavy (non-hydrogen) atoms. The summed E-state index contributed by atoms with van der Waals surface area (Å²) < 4.78 is 6.03. The van der Waals surface area contributed by atoms with Gasteiger partial charge in [0.25, 0.3) is 0 Å². The lowest BCUT2D eigenvalue weighted by molar-refractivity contribution is 0.339. The Hall–Kier alpha value is -4.10. The summed E-state index contributed by atoms with van der Waals surface area (Å²) in [5.41, 5.74) is 6.83. The molecule has 0 saturated heterocycles. The zero-order valence-electron chi connectivity index (χ0n) is 18.9. The third-order valence-electron chi connectivity index (χ3n) is 5.32. The van der Waals surface area contributed by atoms with Crippen molar-refractivity contribution in [2.24, 2.45) is 0 Å². The van der Waals surface area contributed by atoms with E-state index in [4.69, 9.17) is 4.74 Å². The first-order chi connectivity index (χ1) is 16.3. The van der Waals surface area contributed by atoms with Crippen LogP contribution in [0.2, 0.25) is 0 Å². The maximum atomic E-state index is 6.03. The maximum absolute atomic E-state index is 6.03. The van der Waals surface area contributed by atoms with E-state index in [0.717, 1.165) is 33.6 Å². The van der Waals surface area contributed by atoms with Crippen molar-refractivity contribution < 1.29 is 4.74 Å². The van der Waals surface area contributed by atoms with Gasteiger partial charge in [-0.25, -0.2) is 0 Å². The average Bonchev–Trinajstić information content (AvgIpc) is 2.88. The third-order valence-corrected chi connectivity index (χ3v) is 5.32. The summed E-state index contributed by atoms with van der Waals surface area (Å²) in [5.74, 6) is 0.884. The summed E-state index contributed by atoms with van der Waals surface area (Å²) in [5, 5.41) is 0. The fourth-order valence-electron chi connectivity index (χ4n) is 3.66. The van der Waals surface area contributed by atoms with Crippen molar-refractivity contribution in [1.29, 1.82) is 0 Å². The van der Waals surface area contributed by atoms with Crippen molar-refractivity contribution in [2.75, 3.05) is 6.61 Å². The van der Waals surface area contributed by atoms with Crippen LogP contribution in [0, 0.1) is 0 Å². The van der Waals surface area contributed by atoms with Gasteiger partial charge in [-0.05, 0) is 40.8 Å². The first-order valence-electron chi connectivity index (χ1n) is 11.3. The number of benzene rings is 4. The van der Waals surface area contributed by atoms with Crippen molar-refractivity contribution in [1.82, 2.24) is 0 Å². The van der Waals surface area contributed by atoms with Crippen molar-refractivity contribution in [3.8, 4) is 5.75 Å². The molecule has 4 aromatic rings. The standard InChI is InChI=1S/C32H28O/c1-2-33-32-25-22-29(21-18-26-12-6-3-7-13-26)30(23-19-27-14-8-4-9-15-27)31(32)24-20-28-16-10-5-11-17-28/h3-25H,2H2,1H3/b21-18+,23-19+,24-20+. The Morgan fingerprint density at radius 3 is 1.42 bits per heavy atom. The fraction of sp³-hybridized carbons (Fsp3) is 0.0625. The smallest absolute Gasteiger partial charge is 0.127 e. The molecule has 0 bridgehead atoms. The second kappa shape index (κ2) is 11.5. The molecule has 0 aromatic heterocycles. The largest absolute Gasteiger partial charge is 0.493 e. The Labute approximate surface area is 197 Å². The van der Waals surface area contributed by atoms with Crippen LogP contribution in [0.4, 0.5) is 0 Å². The zero-order valence-corrected chi connectivity index (χ0v) is 18.9. The molecule has 0 heterocycles. The number of hydrogen-bond acceptors (Lipinski definition) is 1. The maximum Gasteiger partial charge on any atom is 0.127 e. The van der Waals surface area contributed by atoms with E-state index in [0.29, 0.717) is 6.61 Å². The Morgan fingerprint density at radius 2 is 0.939 bits per heavy atom. The van der Waals surface area contributed by atoms with Crippen LogP contribution in [0.15, 0.2) is 103 Å². The van der Waals surface area contributed by atoms with Gasteiger partial charge in [-0.2, -0.15) is 0 Å². The van der Waals surface area contributed by atoms with Gasteiger partial charge in [0, 0.05) is 5.56 Å². The Morgan fingerprint density at radius 1 is 0.485 bits per heavy atom. The van der Waals surface area contributed by atoms with E-state index in [1.165, 1.54) is 5.56 Å². The molecule has 1 nitrogen and oxygen atoms in total. The summed E-state index contributed by atoms with van der Waals surface area (Å²) in [4.78, 5) is 0. The molecule has 4 aromatic carbocycles. The first-order valence-corrected chi connectivity index (χ1v) is 11.3. The van der Waals surface area contributed by atoms with Crippen LogP contribution in [0.25, 0.3) is 36.5 Å². The minimum absolute atomic E-state index is 0.618. The van der Waals surface area contributed by atoms with Crippen LogP contribution < -0.4 is 4.74 Å². The quantitative estimate of drug-likeness (QED) is 0.255. The molecule has 0 unspecified atom stereocenters. The van der Waals surface area contributed by atoms with Gasteiger partial charge in [0.05, 0.1) is 6.61 Å². The summed E-state index contributed by atoms with van der Waals surface area (Å²) in [7, 11) is 0. The van der Waals surface area contributed by atoms with Gasteiger partial charge >= 0.3 is 0 Å². The lowest BCUT2D eigenvalue weighted by atomic mass is 9.96. The van der Waals surface area contributed by atoms with Crippen molar-refractivity contribution >= 4 is 36.5 Å². The second-order valence-electron chi connectivity index (χ2n) is 7.65. The van der Waals surface area contributed by atoms with Crippen LogP contribution in [0.1, 0.15) is 40.3 Å². The van der Waals surface area contributed by atoms with Gasteiger partial charge < -0.3 is 4.74 Å². The van der Waals surface area contributed by atoms with Crippen molar-refractivity contribution in [3.05, 3.63) is 137 Å². The highest BCUT2D eigenvalue weighted by molar-refractivity contribution is 5.87. The molecule has 0 fully saturated rings. The van der Waals surface area contributed by atoms with E-state index in [1.54, 1.807) is 0 Å². The van der Waals surface area contributed by atoms with Crippen LogP contribution in [0.5, 0.6) is 5.75 Å². The Balaban J connectivity index is 1.82. The monoisotopic (exact) mass is 428 g/mol. The molecule has 0 aliphatic rings. The molecular formula is C32H28O. The molecule has 0 aliphatic heterocycles. The van der Waals surface area contributed by atoms with Gasteiger partial charge in [0.1, 0.15) is 5.75 Å². The van der Waals surface area contributed by atoms with Crippen molar-refractivity contribution in [2.45, 2.75) is 6.92 Å². The van der Waals surface area contributed by atoms with E-state index in [9.17, 15) is 0 Å². The molecule has 0 radical (unpaired) electrons. The summed E-state index contributed by atoms with van der Waals surface area (Å²) in [6.45, 7) is 2.64. The number of hydrogen-bond donors (Lipinski definition) is 0. The molecule has 0 aliphatic carbocycles. The topological polar surface area (TPSA) is 9.23 Å². The SMILES string of the molecule is CCOc1ccc(/C=C/c2ccccc2)c(/C=C/c2ccccc2)c1/C=C/c1ccccc1. The minimum atomic E-state index is 0.618. The highest BCUT2D eigenvalue weighted by atomic mass is 16.5. The predicted molar refractivity (Wildman–Crippen MR) is 144 cm³/mol. The van der Waals surface area contributed by atoms with E-state index in [1.807, 2.05) is 25.1 Å². The first kappa shape index (κ1) is 22.1. The van der Waals surface area contributed by atoms with Crippen LogP contribution in [-0.4, -0.2) is 6.61 Å². The average molecular weight is 429 g/mol. The van der Waals surface area contributed by atoms with Gasteiger partial charge in [-0.1, -0.05) is 134 Å². The summed E-state index contributed by atoms with van der Waals surface area (Å²) in [6.07, 6.45) is 13.0. The lowest BCUT2D eigenvalue weighted by Crippen LogP contribution is -1.97. The van der Waals surface area contributed by atoms with Crippen molar-refractivity contribution in [3.63, 3.8) is 0 Å². The van der Waals surface area contributed by atoms with E-state index in [2.05, 4.69) is 121 Å². The molecule has 0 amide bonds. The van der Waals surface area contributed by atoms with Crippen LogP contribution >= 0.6 is 0 Å². The molecule has 162 valence electrons. The molecule has 4 rings (SSSR count). The predicted octanol–water partition coefficient (Wildman–Crippen LogP) is 8.60.